The van der Waals surface area contributed by atoms with Gasteiger partial charge in [0.1, 0.15) is 5.82 Å². The number of fused-ring (bicyclic) bond motifs is 3. The fraction of sp³-hybridized carbons (Fsp3) is 0.222. The van der Waals surface area contributed by atoms with Crippen LogP contribution in [0.5, 0.6) is 0 Å². The van der Waals surface area contributed by atoms with Crippen LogP contribution in [0.4, 0.5) is 10.1 Å². The van der Waals surface area contributed by atoms with Gasteiger partial charge in [-0.15, -0.1) is 0 Å². The molecule has 0 fully saturated rings. The normalized spacial score (nSPS) is 26.1. The molecule has 1 heterocycles. The molecule has 0 radical (unpaired) electrons. The summed E-state index contributed by atoms with van der Waals surface area (Å²) in [6.07, 6.45) is 5.64. The summed E-state index contributed by atoms with van der Waals surface area (Å²) >= 11 is 3.64. The van der Waals surface area contributed by atoms with Crippen molar-refractivity contribution in [3.05, 3.63) is 76.0 Å². The Morgan fingerprint density at radius 3 is 2.71 bits per heavy atom. The van der Waals surface area contributed by atoms with Crippen LogP contribution in [0.1, 0.15) is 29.5 Å². The van der Waals surface area contributed by atoms with Gasteiger partial charge < -0.3 is 5.32 Å². The molecule has 2 aliphatic rings. The van der Waals surface area contributed by atoms with E-state index in [0.29, 0.717) is 11.8 Å². The summed E-state index contributed by atoms with van der Waals surface area (Å²) in [6, 6.07) is 13.4. The highest BCUT2D eigenvalue weighted by Crippen LogP contribution is 2.51. The van der Waals surface area contributed by atoms with Crippen LogP contribution in [0.2, 0.25) is 0 Å². The van der Waals surface area contributed by atoms with Crippen molar-refractivity contribution in [2.45, 2.75) is 18.4 Å². The van der Waals surface area contributed by atoms with Crippen molar-refractivity contribution in [1.29, 1.82) is 0 Å². The van der Waals surface area contributed by atoms with Gasteiger partial charge >= 0.3 is 0 Å². The SMILES string of the molecule is Fc1ccc([C@@H]2Nc3c(Br)cccc3[C@H]3C=CC[C@@H]32)cc1. The molecule has 0 unspecified atom stereocenters. The zero-order valence-corrected chi connectivity index (χ0v) is 13.0. The first-order chi connectivity index (χ1) is 10.2. The lowest BCUT2D eigenvalue weighted by atomic mass is 9.77. The number of anilines is 1. The molecule has 0 saturated carbocycles. The van der Waals surface area contributed by atoms with Gasteiger partial charge in [-0.2, -0.15) is 0 Å². The lowest BCUT2D eigenvalue weighted by molar-refractivity contribution is 0.425. The maximum atomic E-state index is 13.2. The molecule has 1 aliphatic heterocycles. The third-order valence-electron chi connectivity index (χ3n) is 4.58. The molecule has 0 bridgehead atoms. The smallest absolute Gasteiger partial charge is 0.123 e. The molecule has 0 aromatic heterocycles. The van der Waals surface area contributed by atoms with Gasteiger partial charge in [-0.1, -0.05) is 36.4 Å². The second kappa shape index (κ2) is 4.99. The van der Waals surface area contributed by atoms with Gasteiger partial charge in [0.05, 0.1) is 11.7 Å². The zero-order chi connectivity index (χ0) is 14.4. The number of allylic oxidation sites excluding steroid dienone is 2. The number of hydrogen-bond donors (Lipinski definition) is 1. The molecule has 4 rings (SSSR count). The highest BCUT2D eigenvalue weighted by Gasteiger charge is 2.38. The van der Waals surface area contributed by atoms with Crippen LogP contribution in [0.25, 0.3) is 0 Å². The Morgan fingerprint density at radius 2 is 1.90 bits per heavy atom. The van der Waals surface area contributed by atoms with E-state index in [1.807, 2.05) is 12.1 Å². The van der Waals surface area contributed by atoms with Crippen LogP contribution in [0, 0.1) is 11.7 Å². The third kappa shape index (κ3) is 2.11. The minimum Gasteiger partial charge on any atom is -0.377 e. The first-order valence-electron chi connectivity index (χ1n) is 7.21. The van der Waals surface area contributed by atoms with Crippen molar-refractivity contribution in [2.24, 2.45) is 5.92 Å². The minimum atomic E-state index is -0.183. The van der Waals surface area contributed by atoms with E-state index < -0.39 is 0 Å². The quantitative estimate of drug-likeness (QED) is 0.682. The van der Waals surface area contributed by atoms with Gasteiger partial charge in [0.25, 0.3) is 0 Å². The van der Waals surface area contributed by atoms with E-state index in [1.54, 1.807) is 12.1 Å². The second-order valence-electron chi connectivity index (χ2n) is 5.73. The lowest BCUT2D eigenvalue weighted by Crippen LogP contribution is -2.29. The lowest BCUT2D eigenvalue weighted by Gasteiger charge is -2.38. The molecule has 0 saturated heterocycles. The van der Waals surface area contributed by atoms with Crippen LogP contribution in [-0.4, -0.2) is 0 Å². The van der Waals surface area contributed by atoms with Crippen molar-refractivity contribution in [2.75, 3.05) is 5.32 Å². The first-order valence-corrected chi connectivity index (χ1v) is 8.00. The highest BCUT2D eigenvalue weighted by molar-refractivity contribution is 9.10. The van der Waals surface area contributed by atoms with Crippen molar-refractivity contribution < 1.29 is 4.39 Å². The number of para-hydroxylation sites is 1. The van der Waals surface area contributed by atoms with Gasteiger partial charge in [0.15, 0.2) is 0 Å². The average molecular weight is 344 g/mol. The molecule has 3 heteroatoms. The number of hydrogen-bond acceptors (Lipinski definition) is 1. The summed E-state index contributed by atoms with van der Waals surface area (Å²) in [6.45, 7) is 0. The topological polar surface area (TPSA) is 12.0 Å². The van der Waals surface area contributed by atoms with E-state index in [4.69, 9.17) is 0 Å². The fourth-order valence-corrected chi connectivity index (χ4v) is 4.08. The van der Waals surface area contributed by atoms with Crippen LogP contribution < -0.4 is 5.32 Å². The van der Waals surface area contributed by atoms with Gasteiger partial charge in [-0.3, -0.25) is 0 Å². The van der Waals surface area contributed by atoms with Gasteiger partial charge in [0, 0.05) is 10.4 Å². The standard InChI is InChI=1S/C18H15BrFN/c19-16-6-2-5-15-13-3-1-4-14(13)17(21-18(15)16)11-7-9-12(20)10-8-11/h1-3,5-10,13-14,17,21H,4H2/t13-,14-,17-/m0/s1. The van der Waals surface area contributed by atoms with Crippen molar-refractivity contribution in [3.63, 3.8) is 0 Å². The van der Waals surface area contributed by atoms with E-state index in [0.717, 1.165) is 16.5 Å². The maximum Gasteiger partial charge on any atom is 0.123 e. The van der Waals surface area contributed by atoms with Crippen molar-refractivity contribution in [1.82, 2.24) is 0 Å². The Balaban J connectivity index is 1.81. The summed E-state index contributed by atoms with van der Waals surface area (Å²) < 4.78 is 14.3. The van der Waals surface area contributed by atoms with E-state index in [-0.39, 0.29) is 11.9 Å². The minimum absolute atomic E-state index is 0.183. The molecular weight excluding hydrogens is 329 g/mol. The van der Waals surface area contributed by atoms with E-state index in [2.05, 4.69) is 51.6 Å². The molecule has 0 spiro atoms. The Kier molecular flexibility index (Phi) is 3.11. The van der Waals surface area contributed by atoms with Crippen LogP contribution >= 0.6 is 15.9 Å². The van der Waals surface area contributed by atoms with Crippen LogP contribution in [-0.2, 0) is 0 Å². The van der Waals surface area contributed by atoms with Gasteiger partial charge in [-0.25, -0.2) is 4.39 Å². The molecular formula is C18H15BrFN. The number of nitrogens with one attached hydrogen (secondary N) is 1. The summed E-state index contributed by atoms with van der Waals surface area (Å²) in [5.41, 5.74) is 3.66. The molecule has 2 aromatic rings. The molecule has 3 atom stereocenters. The number of rotatable bonds is 1. The van der Waals surface area contributed by atoms with Crippen molar-refractivity contribution >= 4 is 21.6 Å². The zero-order valence-electron chi connectivity index (χ0n) is 11.4. The van der Waals surface area contributed by atoms with Gasteiger partial charge in [-0.05, 0) is 57.6 Å². The number of benzene rings is 2. The second-order valence-corrected chi connectivity index (χ2v) is 6.59. The largest absolute Gasteiger partial charge is 0.377 e. The number of halogens is 2. The van der Waals surface area contributed by atoms with E-state index in [9.17, 15) is 4.39 Å². The summed E-state index contributed by atoms with van der Waals surface area (Å²) in [7, 11) is 0. The monoisotopic (exact) mass is 343 g/mol. The third-order valence-corrected chi connectivity index (χ3v) is 5.24. The molecule has 106 valence electrons. The Hall–Kier alpha value is -1.61. The molecule has 2 aromatic carbocycles. The van der Waals surface area contributed by atoms with E-state index in [1.165, 1.54) is 11.3 Å². The van der Waals surface area contributed by atoms with Crippen molar-refractivity contribution in [3.8, 4) is 0 Å². The predicted molar refractivity (Wildman–Crippen MR) is 86.9 cm³/mol. The van der Waals surface area contributed by atoms with Crippen LogP contribution in [0.15, 0.2) is 59.1 Å². The molecule has 0 amide bonds. The Morgan fingerprint density at radius 1 is 1.10 bits per heavy atom. The average Bonchev–Trinajstić information content (AvgIpc) is 2.98. The van der Waals surface area contributed by atoms with Gasteiger partial charge in [0.2, 0.25) is 0 Å². The molecule has 21 heavy (non-hydrogen) atoms. The first kappa shape index (κ1) is 13.1. The highest BCUT2D eigenvalue weighted by atomic mass is 79.9. The Bertz CT molecular complexity index is 708. The molecule has 1 aliphatic carbocycles. The fourth-order valence-electron chi connectivity index (χ4n) is 3.58. The summed E-state index contributed by atoms with van der Waals surface area (Å²) in [5, 5.41) is 3.66. The maximum absolute atomic E-state index is 13.2. The predicted octanol–water partition coefficient (Wildman–Crippen LogP) is 5.41. The summed E-state index contributed by atoms with van der Waals surface area (Å²) in [4.78, 5) is 0. The molecule has 1 N–H and O–H groups in total. The summed E-state index contributed by atoms with van der Waals surface area (Å²) in [5.74, 6) is 0.753. The van der Waals surface area contributed by atoms with Crippen LogP contribution in [0.3, 0.4) is 0 Å². The molecule has 1 nitrogen and oxygen atoms in total. The Labute approximate surface area is 132 Å². The van der Waals surface area contributed by atoms with E-state index >= 15 is 0 Å².